The molecule has 28 heavy (non-hydrogen) atoms. The number of aliphatic hydroxyl groups is 4. The van der Waals surface area contributed by atoms with Gasteiger partial charge in [0, 0.05) is 10.7 Å². The molecule has 3 rings (SSSR count). The predicted octanol–water partition coefficient (Wildman–Crippen LogP) is 1.09. The van der Waals surface area contributed by atoms with Gasteiger partial charge in [-0.2, -0.15) is 0 Å². The highest BCUT2D eigenvalue weighted by molar-refractivity contribution is 7.12. The van der Waals surface area contributed by atoms with Crippen molar-refractivity contribution < 1.29 is 30.3 Å². The molecule has 0 fully saturated rings. The Morgan fingerprint density at radius 2 is 1.89 bits per heavy atom. The molecule has 2 heterocycles. The average molecular weight is 426 g/mol. The second-order valence-electron chi connectivity index (χ2n) is 5.84. The van der Waals surface area contributed by atoms with Crippen LogP contribution in [0.1, 0.15) is 26.4 Å². The number of hydrogen-bond acceptors (Lipinski definition) is 8. The number of aromatic nitrogens is 2. The molecule has 0 saturated carbocycles. The quantitative estimate of drug-likeness (QED) is 0.291. The van der Waals surface area contributed by atoms with E-state index in [2.05, 4.69) is 15.3 Å². The third kappa shape index (κ3) is 4.33. The zero-order valence-corrected chi connectivity index (χ0v) is 15.7. The van der Waals surface area contributed by atoms with Gasteiger partial charge in [0.25, 0.3) is 5.91 Å². The van der Waals surface area contributed by atoms with Crippen molar-refractivity contribution in [2.24, 2.45) is 0 Å². The standard InChI is InChI=1S/C17H16ClN3O6S/c18-9-3-1-8(2-4-9)10-5-6-11(19-10)14(23)20-13(17(25,26)27)16-21-15(24)12(7-22)28-16/h1-6,13,19,22,24-27H,7H2,(H,20,23). The van der Waals surface area contributed by atoms with Gasteiger partial charge in [0.15, 0.2) is 6.04 Å². The number of carbonyl (C=O) groups excluding carboxylic acids is 1. The highest BCUT2D eigenvalue weighted by Crippen LogP contribution is 2.32. The fourth-order valence-corrected chi connectivity index (χ4v) is 3.49. The van der Waals surface area contributed by atoms with E-state index in [9.17, 15) is 25.2 Å². The molecule has 11 heteroatoms. The summed E-state index contributed by atoms with van der Waals surface area (Å²) in [4.78, 5) is 19.1. The molecule has 3 aromatic rings. The first-order valence-corrected chi connectivity index (χ1v) is 9.11. The Morgan fingerprint density at radius 1 is 1.21 bits per heavy atom. The van der Waals surface area contributed by atoms with E-state index in [1.807, 2.05) is 0 Å². The summed E-state index contributed by atoms with van der Waals surface area (Å²) < 4.78 is 0. The first-order valence-electron chi connectivity index (χ1n) is 7.91. The van der Waals surface area contributed by atoms with Gasteiger partial charge in [0.05, 0.1) is 11.5 Å². The zero-order valence-electron chi connectivity index (χ0n) is 14.1. The largest absolute Gasteiger partial charge is 0.492 e. The number of hydrogen-bond donors (Lipinski definition) is 7. The van der Waals surface area contributed by atoms with Crippen molar-refractivity contribution in [3.8, 4) is 17.1 Å². The van der Waals surface area contributed by atoms with Gasteiger partial charge in [-0.3, -0.25) is 4.79 Å². The number of halogens is 1. The Morgan fingerprint density at radius 3 is 2.46 bits per heavy atom. The van der Waals surface area contributed by atoms with Crippen LogP contribution in [0.15, 0.2) is 36.4 Å². The molecule has 0 saturated heterocycles. The van der Waals surface area contributed by atoms with Crippen LogP contribution in [0.3, 0.4) is 0 Å². The topological polar surface area (TPSA) is 159 Å². The minimum Gasteiger partial charge on any atom is -0.492 e. The highest BCUT2D eigenvalue weighted by Gasteiger charge is 2.38. The highest BCUT2D eigenvalue weighted by atomic mass is 35.5. The van der Waals surface area contributed by atoms with E-state index in [4.69, 9.17) is 16.7 Å². The van der Waals surface area contributed by atoms with E-state index in [-0.39, 0.29) is 15.6 Å². The maximum Gasteiger partial charge on any atom is 0.303 e. The first kappa shape index (κ1) is 20.3. The van der Waals surface area contributed by atoms with Crippen LogP contribution in [-0.4, -0.2) is 47.4 Å². The number of aromatic hydroxyl groups is 1. The fraction of sp³-hybridized carbons (Fsp3) is 0.176. The number of nitrogens with zero attached hydrogens (tertiary/aromatic N) is 1. The van der Waals surface area contributed by atoms with E-state index < -0.39 is 30.4 Å². The minimum absolute atomic E-state index is 0.0448. The number of rotatable bonds is 6. The summed E-state index contributed by atoms with van der Waals surface area (Å²) in [5, 5.41) is 50.2. The van der Waals surface area contributed by atoms with Crippen molar-refractivity contribution in [2.75, 3.05) is 0 Å². The first-order chi connectivity index (χ1) is 13.2. The Kier molecular flexibility index (Phi) is 5.70. The molecule has 0 radical (unpaired) electrons. The number of thiazole rings is 1. The van der Waals surface area contributed by atoms with Gasteiger partial charge >= 0.3 is 5.97 Å². The maximum absolute atomic E-state index is 12.5. The molecule has 2 aromatic heterocycles. The van der Waals surface area contributed by atoms with E-state index in [1.54, 1.807) is 30.3 Å². The van der Waals surface area contributed by atoms with E-state index in [0.29, 0.717) is 22.1 Å². The van der Waals surface area contributed by atoms with E-state index >= 15 is 0 Å². The molecule has 0 bridgehead atoms. The van der Waals surface area contributed by atoms with Gasteiger partial charge in [0.2, 0.25) is 5.88 Å². The minimum atomic E-state index is -3.35. The van der Waals surface area contributed by atoms with Crippen molar-refractivity contribution in [1.29, 1.82) is 0 Å². The summed E-state index contributed by atoms with van der Waals surface area (Å²) in [7, 11) is 0. The molecule has 1 unspecified atom stereocenters. The van der Waals surface area contributed by atoms with Gasteiger partial charge in [-0.25, -0.2) is 4.98 Å². The number of nitrogens with one attached hydrogen (secondary N) is 2. The number of aromatic amines is 1. The van der Waals surface area contributed by atoms with Crippen molar-refractivity contribution in [3.63, 3.8) is 0 Å². The van der Waals surface area contributed by atoms with Crippen LogP contribution in [0, 0.1) is 0 Å². The van der Waals surface area contributed by atoms with Gasteiger partial charge < -0.3 is 35.8 Å². The van der Waals surface area contributed by atoms with Crippen LogP contribution >= 0.6 is 22.9 Å². The van der Waals surface area contributed by atoms with Crippen molar-refractivity contribution in [3.05, 3.63) is 57.0 Å². The summed E-state index contributed by atoms with van der Waals surface area (Å²) in [5.74, 6) is -4.64. The van der Waals surface area contributed by atoms with Gasteiger partial charge in [-0.1, -0.05) is 23.7 Å². The Hall–Kier alpha value is -2.47. The van der Waals surface area contributed by atoms with Crippen molar-refractivity contribution in [2.45, 2.75) is 18.6 Å². The number of aliphatic hydroxyl groups excluding tert-OH is 1. The number of amides is 1. The summed E-state index contributed by atoms with van der Waals surface area (Å²) >= 11 is 6.56. The summed E-state index contributed by atoms with van der Waals surface area (Å²) in [6, 6.07) is 8.26. The van der Waals surface area contributed by atoms with Gasteiger partial charge in [-0.15, -0.1) is 11.3 Å². The normalized spacial score (nSPS) is 12.8. The van der Waals surface area contributed by atoms with Gasteiger partial charge in [-0.05, 0) is 29.8 Å². The van der Waals surface area contributed by atoms with Crippen molar-refractivity contribution >= 4 is 28.8 Å². The van der Waals surface area contributed by atoms with Crippen LogP contribution < -0.4 is 5.32 Å². The molecule has 0 aliphatic rings. The van der Waals surface area contributed by atoms with Gasteiger partial charge in [0.1, 0.15) is 10.7 Å². The Bertz CT molecular complexity index is 980. The van der Waals surface area contributed by atoms with Crippen LogP contribution in [0.5, 0.6) is 5.88 Å². The number of carbonyl (C=O) groups is 1. The molecule has 7 N–H and O–H groups in total. The Labute approximate surface area is 167 Å². The predicted molar refractivity (Wildman–Crippen MR) is 101 cm³/mol. The zero-order chi connectivity index (χ0) is 20.5. The smallest absolute Gasteiger partial charge is 0.303 e. The van der Waals surface area contributed by atoms with Crippen LogP contribution in [0.25, 0.3) is 11.3 Å². The molecule has 148 valence electrons. The molecule has 0 aliphatic heterocycles. The third-order valence-corrected chi connectivity index (χ3v) is 5.18. The average Bonchev–Trinajstić information content (AvgIpc) is 3.26. The lowest BCUT2D eigenvalue weighted by molar-refractivity contribution is -0.328. The van der Waals surface area contributed by atoms with Crippen LogP contribution in [0.4, 0.5) is 0 Å². The lowest BCUT2D eigenvalue weighted by atomic mass is 10.2. The lowest BCUT2D eigenvalue weighted by Crippen LogP contribution is -2.46. The number of H-pyrrole nitrogens is 1. The molecule has 9 nitrogen and oxygen atoms in total. The molecule has 0 aliphatic carbocycles. The Balaban J connectivity index is 1.83. The van der Waals surface area contributed by atoms with Crippen LogP contribution in [0.2, 0.25) is 5.02 Å². The van der Waals surface area contributed by atoms with Crippen LogP contribution in [-0.2, 0) is 6.61 Å². The monoisotopic (exact) mass is 425 g/mol. The fourth-order valence-electron chi connectivity index (χ4n) is 2.45. The number of benzene rings is 1. The molecular weight excluding hydrogens is 410 g/mol. The molecule has 1 aromatic carbocycles. The summed E-state index contributed by atoms with van der Waals surface area (Å²) in [6.07, 6.45) is 0. The maximum atomic E-state index is 12.5. The molecule has 0 spiro atoms. The lowest BCUT2D eigenvalue weighted by Gasteiger charge is -2.24. The summed E-state index contributed by atoms with van der Waals surface area (Å²) in [5.41, 5.74) is 1.48. The van der Waals surface area contributed by atoms with E-state index in [0.717, 1.165) is 5.56 Å². The third-order valence-electron chi connectivity index (χ3n) is 3.83. The van der Waals surface area contributed by atoms with Crippen molar-refractivity contribution in [1.82, 2.24) is 15.3 Å². The SMILES string of the molecule is O=C(NC(c1nc(O)c(CO)s1)C(O)(O)O)c1ccc(-c2ccc(Cl)cc2)[nH]1. The molecule has 1 amide bonds. The second-order valence-corrected chi connectivity index (χ2v) is 7.39. The molecule has 1 atom stereocenters. The molecular formula is C17H16ClN3O6S. The summed E-state index contributed by atoms with van der Waals surface area (Å²) in [6.45, 7) is -0.541. The second kappa shape index (κ2) is 7.87. The van der Waals surface area contributed by atoms with E-state index in [1.165, 1.54) is 6.07 Å².